The highest BCUT2D eigenvalue weighted by Crippen LogP contribution is 2.07. The van der Waals surface area contributed by atoms with Crippen LogP contribution in [0.2, 0.25) is 0 Å². The molecule has 0 saturated carbocycles. The molecule has 0 spiro atoms. The molecule has 1 heterocycles. The molecule has 0 fully saturated rings. The number of hydrogen-bond donors (Lipinski definition) is 1. The van der Waals surface area contributed by atoms with Gasteiger partial charge in [0.2, 0.25) is 0 Å². The molecule has 110 valence electrons. The lowest BCUT2D eigenvalue weighted by atomic mass is 10.1. The van der Waals surface area contributed by atoms with Gasteiger partial charge in [-0.1, -0.05) is 54.3 Å². The van der Waals surface area contributed by atoms with Crippen LogP contribution in [-0.4, -0.2) is 18.9 Å². The maximum Gasteiger partial charge on any atom is 0.128 e. The fraction of sp³-hybridized carbons (Fsp3) is 0.250. The first-order chi connectivity index (χ1) is 10.9. The molecule has 22 heavy (non-hydrogen) atoms. The van der Waals surface area contributed by atoms with Crippen molar-refractivity contribution < 1.29 is 0 Å². The molecule has 2 aromatic rings. The molecule has 2 aromatic carbocycles. The average molecular weight is 288 g/mol. The highest BCUT2D eigenvalue weighted by molar-refractivity contribution is 5.99. The lowest BCUT2D eigenvalue weighted by molar-refractivity contribution is 0.858. The van der Waals surface area contributed by atoms with E-state index in [4.69, 9.17) is 0 Å². The van der Waals surface area contributed by atoms with Gasteiger partial charge in [0.15, 0.2) is 0 Å². The van der Waals surface area contributed by atoms with Crippen molar-refractivity contribution in [1.82, 2.24) is 5.32 Å². The van der Waals surface area contributed by atoms with E-state index >= 15 is 0 Å². The summed E-state index contributed by atoms with van der Waals surface area (Å²) in [5.74, 6) is 7.51. The van der Waals surface area contributed by atoms with Crippen molar-refractivity contribution in [3.05, 3.63) is 71.3 Å². The summed E-state index contributed by atoms with van der Waals surface area (Å²) in [4.78, 5) is 4.42. The SMILES string of the molecule is C(#Cc1ccc(C2=NCCN2)cc1)CCCc1ccccc1. The number of aliphatic imine (C=N–C) groups is 1. The van der Waals surface area contributed by atoms with Crippen molar-refractivity contribution in [3.8, 4) is 11.8 Å². The summed E-state index contributed by atoms with van der Waals surface area (Å²) >= 11 is 0. The maximum atomic E-state index is 4.42. The van der Waals surface area contributed by atoms with Crippen molar-refractivity contribution in [1.29, 1.82) is 0 Å². The van der Waals surface area contributed by atoms with E-state index in [0.717, 1.165) is 49.3 Å². The van der Waals surface area contributed by atoms with Crippen LogP contribution in [0.25, 0.3) is 0 Å². The van der Waals surface area contributed by atoms with Gasteiger partial charge in [-0.2, -0.15) is 0 Å². The molecule has 2 nitrogen and oxygen atoms in total. The van der Waals surface area contributed by atoms with Gasteiger partial charge in [0.05, 0.1) is 6.54 Å². The first kappa shape index (κ1) is 14.4. The number of benzene rings is 2. The molecular formula is C20H20N2. The highest BCUT2D eigenvalue weighted by Gasteiger charge is 2.06. The Balaban J connectivity index is 1.49. The summed E-state index contributed by atoms with van der Waals surface area (Å²) in [5.41, 5.74) is 3.60. The Kier molecular flexibility index (Phi) is 4.89. The molecule has 2 heteroatoms. The fourth-order valence-corrected chi connectivity index (χ4v) is 2.49. The second-order valence-electron chi connectivity index (χ2n) is 5.38. The summed E-state index contributed by atoms with van der Waals surface area (Å²) in [5, 5.41) is 3.28. The normalized spacial score (nSPS) is 13.0. The molecule has 0 radical (unpaired) electrons. The Morgan fingerprint density at radius 1 is 1.00 bits per heavy atom. The number of nitrogens with zero attached hydrogens (tertiary/aromatic N) is 1. The van der Waals surface area contributed by atoms with Crippen LogP contribution in [0.15, 0.2) is 59.6 Å². The predicted molar refractivity (Wildman–Crippen MR) is 92.1 cm³/mol. The Hall–Kier alpha value is -2.53. The first-order valence-electron chi connectivity index (χ1n) is 7.83. The van der Waals surface area contributed by atoms with Crippen molar-refractivity contribution in [2.24, 2.45) is 4.99 Å². The van der Waals surface area contributed by atoms with Crippen LogP contribution in [0.4, 0.5) is 0 Å². The third-order valence-electron chi connectivity index (χ3n) is 3.68. The lowest BCUT2D eigenvalue weighted by Crippen LogP contribution is -2.19. The molecular weight excluding hydrogens is 268 g/mol. The first-order valence-corrected chi connectivity index (χ1v) is 7.83. The van der Waals surface area contributed by atoms with Crippen molar-refractivity contribution in [3.63, 3.8) is 0 Å². The zero-order valence-electron chi connectivity index (χ0n) is 12.7. The second kappa shape index (κ2) is 7.47. The smallest absolute Gasteiger partial charge is 0.128 e. The van der Waals surface area contributed by atoms with Crippen LogP contribution in [-0.2, 0) is 6.42 Å². The topological polar surface area (TPSA) is 24.4 Å². The van der Waals surface area contributed by atoms with Gasteiger partial charge in [-0.15, -0.1) is 0 Å². The van der Waals surface area contributed by atoms with Gasteiger partial charge >= 0.3 is 0 Å². The van der Waals surface area contributed by atoms with Crippen LogP contribution in [0.3, 0.4) is 0 Å². The minimum absolute atomic E-state index is 0.873. The zero-order chi connectivity index (χ0) is 15.0. The van der Waals surface area contributed by atoms with Gasteiger partial charge in [-0.3, -0.25) is 4.99 Å². The van der Waals surface area contributed by atoms with E-state index in [9.17, 15) is 0 Å². The monoisotopic (exact) mass is 288 g/mol. The summed E-state index contributed by atoms with van der Waals surface area (Å²) < 4.78 is 0. The summed E-state index contributed by atoms with van der Waals surface area (Å²) in [6, 6.07) is 18.9. The summed E-state index contributed by atoms with van der Waals surface area (Å²) in [7, 11) is 0. The standard InChI is InChI=1S/C20H20N2/c1-3-7-17(8-4-1)9-5-2-6-10-18-11-13-19(14-12-18)20-21-15-16-22-20/h1,3-4,7-8,11-14H,2,5,9,15-16H2,(H,21,22). The van der Waals surface area contributed by atoms with Gasteiger partial charge in [-0.25, -0.2) is 0 Å². The van der Waals surface area contributed by atoms with E-state index in [0.29, 0.717) is 0 Å². The predicted octanol–water partition coefficient (Wildman–Crippen LogP) is 3.41. The maximum absolute atomic E-state index is 4.42. The Labute approximate surface area is 132 Å². The third-order valence-corrected chi connectivity index (χ3v) is 3.68. The molecule has 1 aliphatic rings. The Morgan fingerprint density at radius 2 is 1.82 bits per heavy atom. The van der Waals surface area contributed by atoms with Gasteiger partial charge in [0.25, 0.3) is 0 Å². The quantitative estimate of drug-likeness (QED) is 0.676. The van der Waals surface area contributed by atoms with Gasteiger partial charge < -0.3 is 5.32 Å². The van der Waals surface area contributed by atoms with E-state index in [-0.39, 0.29) is 0 Å². The van der Waals surface area contributed by atoms with Gasteiger partial charge in [0, 0.05) is 24.1 Å². The summed E-state index contributed by atoms with van der Waals surface area (Å²) in [6.07, 6.45) is 3.14. The molecule has 1 aliphatic heterocycles. The van der Waals surface area contributed by atoms with Crippen molar-refractivity contribution >= 4 is 5.84 Å². The number of nitrogens with one attached hydrogen (secondary N) is 1. The van der Waals surface area contributed by atoms with Crippen molar-refractivity contribution in [2.45, 2.75) is 19.3 Å². The van der Waals surface area contributed by atoms with Gasteiger partial charge in [-0.05, 0) is 30.5 Å². The number of hydrogen-bond acceptors (Lipinski definition) is 2. The van der Waals surface area contributed by atoms with Crippen LogP contribution >= 0.6 is 0 Å². The van der Waals surface area contributed by atoms with Crippen LogP contribution in [0.1, 0.15) is 29.5 Å². The number of rotatable bonds is 4. The molecule has 0 aliphatic carbocycles. The van der Waals surface area contributed by atoms with Crippen LogP contribution in [0, 0.1) is 11.8 Å². The molecule has 3 rings (SSSR count). The van der Waals surface area contributed by atoms with E-state index in [1.807, 2.05) is 0 Å². The minimum Gasteiger partial charge on any atom is -0.368 e. The Bertz CT molecular complexity index is 688. The average Bonchev–Trinajstić information content (AvgIpc) is 3.11. The number of amidine groups is 1. The number of aryl methyl sites for hydroxylation is 1. The highest BCUT2D eigenvalue weighted by atomic mass is 15.1. The minimum atomic E-state index is 0.873. The molecule has 0 unspecified atom stereocenters. The van der Waals surface area contributed by atoms with E-state index in [1.165, 1.54) is 5.56 Å². The fourth-order valence-electron chi connectivity index (χ4n) is 2.49. The molecule has 1 N–H and O–H groups in total. The van der Waals surface area contributed by atoms with Crippen molar-refractivity contribution in [2.75, 3.05) is 13.1 Å². The Morgan fingerprint density at radius 3 is 2.55 bits per heavy atom. The van der Waals surface area contributed by atoms with E-state index in [2.05, 4.69) is 76.7 Å². The molecule has 0 aromatic heterocycles. The molecule has 0 atom stereocenters. The largest absolute Gasteiger partial charge is 0.368 e. The van der Waals surface area contributed by atoms with Crippen LogP contribution < -0.4 is 5.32 Å². The van der Waals surface area contributed by atoms with Gasteiger partial charge in [0.1, 0.15) is 5.84 Å². The number of unbranched alkanes of at least 4 members (excludes halogenated alkanes) is 1. The zero-order valence-corrected chi connectivity index (χ0v) is 12.7. The molecule has 0 bridgehead atoms. The van der Waals surface area contributed by atoms with Crippen LogP contribution in [0.5, 0.6) is 0 Å². The third kappa shape index (κ3) is 3.99. The van der Waals surface area contributed by atoms with E-state index in [1.54, 1.807) is 0 Å². The second-order valence-corrected chi connectivity index (χ2v) is 5.38. The molecule has 0 amide bonds. The molecule has 0 saturated heterocycles. The summed E-state index contributed by atoms with van der Waals surface area (Å²) in [6.45, 7) is 1.82. The lowest BCUT2D eigenvalue weighted by Gasteiger charge is -2.01. The van der Waals surface area contributed by atoms with E-state index < -0.39 is 0 Å².